The number of rotatable bonds is 2. The number of hydrogen-bond acceptors (Lipinski definition) is 3. The molecule has 16 heavy (non-hydrogen) atoms. The maximum atomic E-state index is 13.3. The molecule has 2 rings (SSSR count). The molecule has 0 aliphatic rings. The van der Waals surface area contributed by atoms with Gasteiger partial charge in [0.2, 0.25) is 5.78 Å². The zero-order valence-corrected chi connectivity index (χ0v) is 9.15. The molecule has 0 N–H and O–H groups in total. The highest BCUT2D eigenvalue weighted by Crippen LogP contribution is 2.20. The van der Waals surface area contributed by atoms with Gasteiger partial charge in [0.05, 0.1) is 21.6 Å². The number of aryl methyl sites for hydroxylation is 1. The van der Waals surface area contributed by atoms with Crippen molar-refractivity contribution in [3.8, 4) is 0 Å². The second-order valence-electron chi connectivity index (χ2n) is 3.22. The number of carbonyl (C=O) groups excluding carboxylic acids is 1. The summed E-state index contributed by atoms with van der Waals surface area (Å²) in [6.45, 7) is 1.65. The molecule has 0 aliphatic heterocycles. The summed E-state index contributed by atoms with van der Waals surface area (Å²) >= 11 is 1.12. The van der Waals surface area contributed by atoms with Crippen LogP contribution in [0.3, 0.4) is 0 Å². The molecule has 0 radical (unpaired) electrons. The molecule has 1 heterocycles. The molecule has 0 bridgehead atoms. The molecule has 0 saturated heterocycles. The van der Waals surface area contributed by atoms with Gasteiger partial charge in [0, 0.05) is 0 Å². The van der Waals surface area contributed by atoms with Gasteiger partial charge in [-0.3, -0.25) is 4.79 Å². The van der Waals surface area contributed by atoms with Crippen LogP contribution in [-0.4, -0.2) is 10.8 Å². The van der Waals surface area contributed by atoms with Crippen LogP contribution in [0, 0.1) is 18.6 Å². The smallest absolute Gasteiger partial charge is 0.207 e. The Labute approximate surface area is 94.6 Å². The summed E-state index contributed by atoms with van der Waals surface area (Å²) in [6, 6.07) is 2.82. The van der Waals surface area contributed by atoms with Crippen LogP contribution in [0.15, 0.2) is 23.7 Å². The summed E-state index contributed by atoms with van der Waals surface area (Å²) in [5.74, 6) is -1.89. The highest BCUT2D eigenvalue weighted by Gasteiger charge is 2.18. The normalized spacial score (nSPS) is 10.4. The molecule has 0 atom stereocenters. The predicted molar refractivity (Wildman–Crippen MR) is 56.6 cm³/mol. The van der Waals surface area contributed by atoms with Crippen LogP contribution in [0.1, 0.15) is 20.9 Å². The number of carbonyl (C=O) groups is 1. The SMILES string of the molecule is Cc1ncsc1C(=O)c1cc(F)ccc1F. The number of benzene rings is 1. The summed E-state index contributed by atoms with van der Waals surface area (Å²) in [6.07, 6.45) is 0. The summed E-state index contributed by atoms with van der Waals surface area (Å²) in [7, 11) is 0. The van der Waals surface area contributed by atoms with Crippen molar-refractivity contribution in [2.45, 2.75) is 6.92 Å². The molecule has 5 heteroatoms. The molecule has 1 aromatic heterocycles. The van der Waals surface area contributed by atoms with Crippen molar-refractivity contribution in [3.63, 3.8) is 0 Å². The molecule has 0 saturated carbocycles. The Kier molecular flexibility index (Phi) is 2.78. The first kappa shape index (κ1) is 10.9. The monoisotopic (exact) mass is 239 g/mol. The van der Waals surface area contributed by atoms with Crippen LogP contribution < -0.4 is 0 Å². The van der Waals surface area contributed by atoms with Gasteiger partial charge in [-0.15, -0.1) is 11.3 Å². The van der Waals surface area contributed by atoms with Crippen molar-refractivity contribution < 1.29 is 13.6 Å². The summed E-state index contributed by atoms with van der Waals surface area (Å²) in [5.41, 5.74) is 1.77. The highest BCUT2D eigenvalue weighted by atomic mass is 32.1. The number of nitrogens with zero attached hydrogens (tertiary/aromatic N) is 1. The van der Waals surface area contributed by atoms with E-state index in [1.807, 2.05) is 0 Å². The summed E-state index contributed by atoms with van der Waals surface area (Å²) < 4.78 is 26.3. The van der Waals surface area contributed by atoms with Crippen molar-refractivity contribution in [3.05, 3.63) is 51.5 Å². The Morgan fingerprint density at radius 1 is 1.38 bits per heavy atom. The lowest BCUT2D eigenvalue weighted by molar-refractivity contribution is 0.103. The molecule has 2 nitrogen and oxygen atoms in total. The van der Waals surface area contributed by atoms with Crippen LogP contribution in [0.5, 0.6) is 0 Å². The van der Waals surface area contributed by atoms with Gasteiger partial charge in [-0.1, -0.05) is 0 Å². The number of ketones is 1. The van der Waals surface area contributed by atoms with Crippen LogP contribution in [0.2, 0.25) is 0 Å². The van der Waals surface area contributed by atoms with E-state index in [4.69, 9.17) is 0 Å². The third-order valence-corrected chi connectivity index (χ3v) is 3.05. The van der Waals surface area contributed by atoms with Gasteiger partial charge >= 0.3 is 0 Å². The number of thiazole rings is 1. The van der Waals surface area contributed by atoms with E-state index in [0.717, 1.165) is 29.5 Å². The van der Waals surface area contributed by atoms with Gasteiger partial charge in [0.25, 0.3) is 0 Å². The van der Waals surface area contributed by atoms with Crippen LogP contribution >= 0.6 is 11.3 Å². The van der Waals surface area contributed by atoms with E-state index in [-0.39, 0.29) is 5.56 Å². The van der Waals surface area contributed by atoms with Crippen LogP contribution in [0.25, 0.3) is 0 Å². The molecular weight excluding hydrogens is 232 g/mol. The largest absolute Gasteiger partial charge is 0.288 e. The van der Waals surface area contributed by atoms with E-state index in [0.29, 0.717) is 10.6 Å². The van der Waals surface area contributed by atoms with Gasteiger partial charge in [0.1, 0.15) is 11.6 Å². The Morgan fingerprint density at radius 2 is 2.12 bits per heavy atom. The Balaban J connectivity index is 2.49. The summed E-state index contributed by atoms with van der Waals surface area (Å²) in [4.78, 5) is 16.1. The molecule has 2 aromatic rings. The standard InChI is InChI=1S/C11H7F2NOS/c1-6-11(16-5-14-6)10(15)8-4-7(12)2-3-9(8)13/h2-5H,1H3. The molecule has 0 spiro atoms. The maximum Gasteiger partial charge on any atom is 0.207 e. The second kappa shape index (κ2) is 4.09. The van der Waals surface area contributed by atoms with Crippen LogP contribution in [-0.2, 0) is 0 Å². The fourth-order valence-corrected chi connectivity index (χ4v) is 2.07. The molecule has 1 aromatic carbocycles. The Hall–Kier alpha value is -1.62. The summed E-state index contributed by atoms with van der Waals surface area (Å²) in [5, 5.41) is 0. The first-order valence-electron chi connectivity index (χ1n) is 4.49. The Morgan fingerprint density at radius 3 is 2.75 bits per heavy atom. The number of halogens is 2. The lowest BCUT2D eigenvalue weighted by Gasteiger charge is -2.01. The van der Waals surface area contributed by atoms with E-state index >= 15 is 0 Å². The molecule has 82 valence electrons. The van der Waals surface area contributed by atoms with E-state index < -0.39 is 17.4 Å². The second-order valence-corrected chi connectivity index (χ2v) is 4.07. The third kappa shape index (κ3) is 1.86. The molecule has 0 aliphatic carbocycles. The van der Waals surface area contributed by atoms with Crippen molar-refractivity contribution in [1.29, 1.82) is 0 Å². The van der Waals surface area contributed by atoms with E-state index in [1.165, 1.54) is 5.51 Å². The third-order valence-electron chi connectivity index (χ3n) is 2.12. The van der Waals surface area contributed by atoms with E-state index in [1.54, 1.807) is 6.92 Å². The van der Waals surface area contributed by atoms with Crippen molar-refractivity contribution in [1.82, 2.24) is 4.98 Å². The lowest BCUT2D eigenvalue weighted by Crippen LogP contribution is -2.04. The van der Waals surface area contributed by atoms with Crippen LogP contribution in [0.4, 0.5) is 8.78 Å². The van der Waals surface area contributed by atoms with E-state index in [9.17, 15) is 13.6 Å². The molecule has 0 fully saturated rings. The van der Waals surface area contributed by atoms with Gasteiger partial charge in [-0.25, -0.2) is 13.8 Å². The van der Waals surface area contributed by atoms with Crippen molar-refractivity contribution in [2.75, 3.05) is 0 Å². The first-order chi connectivity index (χ1) is 7.59. The minimum atomic E-state index is -0.723. The quantitative estimate of drug-likeness (QED) is 0.754. The van der Waals surface area contributed by atoms with Gasteiger partial charge < -0.3 is 0 Å². The minimum Gasteiger partial charge on any atom is -0.288 e. The minimum absolute atomic E-state index is 0.257. The fraction of sp³-hybridized carbons (Fsp3) is 0.0909. The average molecular weight is 239 g/mol. The average Bonchev–Trinajstić information content (AvgIpc) is 2.67. The molecule has 0 unspecified atom stereocenters. The molecular formula is C11H7F2NOS. The van der Waals surface area contributed by atoms with E-state index in [2.05, 4.69) is 4.98 Å². The molecule has 0 amide bonds. The zero-order valence-electron chi connectivity index (χ0n) is 8.33. The van der Waals surface area contributed by atoms with Gasteiger partial charge in [-0.05, 0) is 25.1 Å². The van der Waals surface area contributed by atoms with Crippen molar-refractivity contribution in [2.24, 2.45) is 0 Å². The predicted octanol–water partition coefficient (Wildman–Crippen LogP) is 2.96. The highest BCUT2D eigenvalue weighted by molar-refractivity contribution is 7.12. The lowest BCUT2D eigenvalue weighted by atomic mass is 10.1. The van der Waals surface area contributed by atoms with Crippen molar-refractivity contribution >= 4 is 17.1 Å². The first-order valence-corrected chi connectivity index (χ1v) is 5.37. The Bertz CT molecular complexity index is 551. The topological polar surface area (TPSA) is 30.0 Å². The fourth-order valence-electron chi connectivity index (χ4n) is 1.31. The van der Waals surface area contributed by atoms with Gasteiger partial charge in [-0.2, -0.15) is 0 Å². The number of hydrogen-bond donors (Lipinski definition) is 0. The maximum absolute atomic E-state index is 13.3. The number of aromatic nitrogens is 1. The zero-order chi connectivity index (χ0) is 11.7. The van der Waals surface area contributed by atoms with Gasteiger partial charge in [0.15, 0.2) is 0 Å².